The van der Waals surface area contributed by atoms with Crippen LogP contribution in [0.4, 0.5) is 5.69 Å². The summed E-state index contributed by atoms with van der Waals surface area (Å²) in [4.78, 5) is 23.6. The van der Waals surface area contributed by atoms with Gasteiger partial charge in [0, 0.05) is 8.04 Å². The van der Waals surface area contributed by atoms with Gasteiger partial charge in [-0.1, -0.05) is 28.1 Å². The van der Waals surface area contributed by atoms with Crippen LogP contribution in [0, 0.1) is 10.5 Å². The van der Waals surface area contributed by atoms with Crippen LogP contribution in [-0.4, -0.2) is 17.0 Å². The molecule has 21 heavy (non-hydrogen) atoms. The summed E-state index contributed by atoms with van der Waals surface area (Å²) in [6, 6.07) is 10.1. The lowest BCUT2D eigenvalue weighted by Crippen LogP contribution is -2.16. The topological polar surface area (TPSA) is 66.4 Å². The van der Waals surface area contributed by atoms with Crippen LogP contribution in [0.3, 0.4) is 0 Å². The number of rotatable bonds is 3. The van der Waals surface area contributed by atoms with Gasteiger partial charge in [0.1, 0.15) is 0 Å². The van der Waals surface area contributed by atoms with Crippen molar-refractivity contribution in [1.82, 2.24) is 0 Å². The number of carboxylic acid groups (broad SMARTS) is 1. The van der Waals surface area contributed by atoms with Crippen molar-refractivity contribution in [2.75, 3.05) is 5.32 Å². The number of nitrogens with one attached hydrogen (secondary N) is 1. The number of carbonyl (C=O) groups is 2. The molecule has 6 heteroatoms. The van der Waals surface area contributed by atoms with Crippen molar-refractivity contribution in [2.45, 2.75) is 6.92 Å². The maximum atomic E-state index is 12.3. The Hall–Kier alpha value is -1.41. The van der Waals surface area contributed by atoms with Gasteiger partial charge in [-0.3, -0.25) is 4.79 Å². The normalized spacial score (nSPS) is 10.2. The van der Waals surface area contributed by atoms with Gasteiger partial charge in [-0.25, -0.2) is 4.79 Å². The highest BCUT2D eigenvalue weighted by Crippen LogP contribution is 2.24. The van der Waals surface area contributed by atoms with Crippen molar-refractivity contribution < 1.29 is 14.7 Å². The Labute approximate surface area is 143 Å². The molecule has 0 fully saturated rings. The van der Waals surface area contributed by atoms with Crippen LogP contribution in [0.25, 0.3) is 0 Å². The number of amides is 1. The molecular weight excluding hydrogens is 449 g/mol. The third-order valence-corrected chi connectivity index (χ3v) is 4.82. The summed E-state index contributed by atoms with van der Waals surface area (Å²) in [5.74, 6) is -1.42. The first kappa shape index (κ1) is 16.0. The molecular formula is C15H11BrINO3. The molecule has 0 aliphatic heterocycles. The molecule has 0 atom stereocenters. The second-order valence-electron chi connectivity index (χ2n) is 4.39. The van der Waals surface area contributed by atoms with E-state index in [1.165, 1.54) is 6.07 Å². The van der Waals surface area contributed by atoms with E-state index >= 15 is 0 Å². The fourth-order valence-electron chi connectivity index (χ4n) is 1.82. The summed E-state index contributed by atoms with van der Waals surface area (Å²) in [6.45, 7) is 1.92. The average molecular weight is 460 g/mol. The zero-order valence-electron chi connectivity index (χ0n) is 11.0. The number of aryl methyl sites for hydroxylation is 1. The first-order chi connectivity index (χ1) is 9.90. The molecule has 2 aromatic carbocycles. The Bertz CT molecular complexity index is 731. The van der Waals surface area contributed by atoms with Crippen molar-refractivity contribution in [3.8, 4) is 0 Å². The molecule has 0 aliphatic rings. The van der Waals surface area contributed by atoms with E-state index in [-0.39, 0.29) is 17.2 Å². The zero-order chi connectivity index (χ0) is 15.6. The van der Waals surface area contributed by atoms with Crippen LogP contribution in [0.1, 0.15) is 26.3 Å². The summed E-state index contributed by atoms with van der Waals surface area (Å²) in [5.41, 5.74) is 1.83. The van der Waals surface area contributed by atoms with E-state index in [0.29, 0.717) is 10.0 Å². The number of halogens is 2. The van der Waals surface area contributed by atoms with Gasteiger partial charge in [-0.15, -0.1) is 0 Å². The molecule has 0 spiro atoms. The standard InChI is InChI=1S/C15H11BrINO3/c1-8-3-2-4-11(13(8)17)14(19)18-12-7-9(16)5-6-10(12)15(20)21/h2-7H,1H3,(H,18,19)(H,20,21). The van der Waals surface area contributed by atoms with Crippen LogP contribution in [0.15, 0.2) is 40.9 Å². The van der Waals surface area contributed by atoms with Crippen molar-refractivity contribution in [3.63, 3.8) is 0 Å². The number of hydrogen-bond acceptors (Lipinski definition) is 2. The maximum Gasteiger partial charge on any atom is 0.337 e. The Morgan fingerprint density at radius 1 is 1.19 bits per heavy atom. The maximum absolute atomic E-state index is 12.3. The molecule has 0 unspecified atom stereocenters. The largest absolute Gasteiger partial charge is 0.478 e. The lowest BCUT2D eigenvalue weighted by Gasteiger charge is -2.11. The lowest BCUT2D eigenvalue weighted by atomic mass is 10.1. The first-order valence-electron chi connectivity index (χ1n) is 5.99. The molecule has 2 rings (SSSR count). The van der Waals surface area contributed by atoms with E-state index in [9.17, 15) is 14.7 Å². The number of benzene rings is 2. The van der Waals surface area contributed by atoms with Crippen molar-refractivity contribution in [3.05, 3.63) is 61.1 Å². The molecule has 0 saturated carbocycles. The monoisotopic (exact) mass is 459 g/mol. The minimum atomic E-state index is -1.09. The average Bonchev–Trinajstić information content (AvgIpc) is 2.41. The molecule has 2 N–H and O–H groups in total. The predicted molar refractivity (Wildman–Crippen MR) is 93.0 cm³/mol. The van der Waals surface area contributed by atoms with Crippen LogP contribution in [0.2, 0.25) is 0 Å². The van der Waals surface area contributed by atoms with Gasteiger partial charge in [0.15, 0.2) is 0 Å². The van der Waals surface area contributed by atoms with Gasteiger partial charge in [0.25, 0.3) is 5.91 Å². The molecule has 0 aromatic heterocycles. The van der Waals surface area contributed by atoms with Gasteiger partial charge in [-0.05, 0) is 59.3 Å². The summed E-state index contributed by atoms with van der Waals surface area (Å²) >= 11 is 5.38. The number of hydrogen-bond donors (Lipinski definition) is 2. The van der Waals surface area contributed by atoms with Crippen LogP contribution >= 0.6 is 38.5 Å². The predicted octanol–water partition coefficient (Wildman–Crippen LogP) is 4.31. The lowest BCUT2D eigenvalue weighted by molar-refractivity contribution is 0.0698. The van der Waals surface area contributed by atoms with E-state index < -0.39 is 5.97 Å². The molecule has 4 nitrogen and oxygen atoms in total. The quantitative estimate of drug-likeness (QED) is 0.672. The first-order valence-corrected chi connectivity index (χ1v) is 7.86. The molecule has 0 aliphatic carbocycles. The van der Waals surface area contributed by atoms with Crippen LogP contribution in [-0.2, 0) is 0 Å². The van der Waals surface area contributed by atoms with Gasteiger partial charge in [0.2, 0.25) is 0 Å². The van der Waals surface area contributed by atoms with Crippen LogP contribution < -0.4 is 5.32 Å². The zero-order valence-corrected chi connectivity index (χ0v) is 14.7. The molecule has 2 aromatic rings. The third kappa shape index (κ3) is 3.62. The molecule has 0 saturated heterocycles. The van der Waals surface area contributed by atoms with Gasteiger partial charge >= 0.3 is 5.97 Å². The van der Waals surface area contributed by atoms with Gasteiger partial charge < -0.3 is 10.4 Å². The number of aromatic carboxylic acids is 1. The minimum absolute atomic E-state index is 0.0502. The van der Waals surface area contributed by atoms with Crippen molar-refractivity contribution in [2.24, 2.45) is 0 Å². The Kier molecular flexibility index (Phi) is 5.00. The Balaban J connectivity index is 2.38. The van der Waals surface area contributed by atoms with E-state index in [4.69, 9.17) is 0 Å². The second-order valence-corrected chi connectivity index (χ2v) is 6.38. The second kappa shape index (κ2) is 6.57. The minimum Gasteiger partial charge on any atom is -0.478 e. The third-order valence-electron chi connectivity index (χ3n) is 2.90. The van der Waals surface area contributed by atoms with E-state index in [1.807, 2.05) is 13.0 Å². The summed E-state index contributed by atoms with van der Waals surface area (Å²) < 4.78 is 1.54. The Morgan fingerprint density at radius 2 is 1.90 bits per heavy atom. The molecule has 0 radical (unpaired) electrons. The highest BCUT2D eigenvalue weighted by Gasteiger charge is 2.16. The van der Waals surface area contributed by atoms with Crippen molar-refractivity contribution in [1.29, 1.82) is 0 Å². The summed E-state index contributed by atoms with van der Waals surface area (Å²) in [7, 11) is 0. The van der Waals surface area contributed by atoms with Crippen molar-refractivity contribution >= 4 is 56.1 Å². The number of carboxylic acids is 1. The number of carbonyl (C=O) groups excluding carboxylic acids is 1. The summed E-state index contributed by atoms with van der Waals surface area (Å²) in [5, 5.41) is 11.8. The molecule has 108 valence electrons. The molecule has 0 heterocycles. The SMILES string of the molecule is Cc1cccc(C(=O)Nc2cc(Br)ccc2C(=O)O)c1I. The van der Waals surface area contributed by atoms with Crippen LogP contribution in [0.5, 0.6) is 0 Å². The fourth-order valence-corrected chi connectivity index (χ4v) is 2.78. The summed E-state index contributed by atoms with van der Waals surface area (Å²) in [6.07, 6.45) is 0. The van der Waals surface area contributed by atoms with E-state index in [1.54, 1.807) is 24.3 Å². The molecule has 1 amide bonds. The highest BCUT2D eigenvalue weighted by atomic mass is 127. The smallest absolute Gasteiger partial charge is 0.337 e. The van der Waals surface area contributed by atoms with E-state index in [0.717, 1.165) is 9.13 Å². The van der Waals surface area contributed by atoms with Gasteiger partial charge in [0.05, 0.1) is 16.8 Å². The van der Waals surface area contributed by atoms with E-state index in [2.05, 4.69) is 43.8 Å². The Morgan fingerprint density at radius 3 is 2.57 bits per heavy atom. The highest BCUT2D eigenvalue weighted by molar-refractivity contribution is 14.1. The molecule has 0 bridgehead atoms. The fraction of sp³-hybridized carbons (Fsp3) is 0.0667. The van der Waals surface area contributed by atoms with Gasteiger partial charge in [-0.2, -0.15) is 0 Å². The number of anilines is 1.